The summed E-state index contributed by atoms with van der Waals surface area (Å²) in [4.78, 5) is 5.38. The van der Waals surface area contributed by atoms with Crippen molar-refractivity contribution in [2.24, 2.45) is 0 Å². The van der Waals surface area contributed by atoms with Crippen LogP contribution in [0, 0.1) is 0 Å². The number of thiophene rings is 1. The van der Waals surface area contributed by atoms with Crippen molar-refractivity contribution in [1.29, 1.82) is 0 Å². The third-order valence-electron chi connectivity index (χ3n) is 1.87. The van der Waals surface area contributed by atoms with E-state index in [0.29, 0.717) is 6.42 Å². The van der Waals surface area contributed by atoms with Gasteiger partial charge in [0, 0.05) is 11.3 Å². The molecule has 0 atom stereocenters. The van der Waals surface area contributed by atoms with Crippen LogP contribution in [0.3, 0.4) is 0 Å². The molecule has 14 heavy (non-hydrogen) atoms. The van der Waals surface area contributed by atoms with Crippen LogP contribution in [0.5, 0.6) is 0 Å². The molecule has 2 heterocycles. The number of nitrogens with zero attached hydrogens (tertiary/aromatic N) is 1. The second-order valence-corrected chi connectivity index (χ2v) is 3.98. The van der Waals surface area contributed by atoms with E-state index in [-0.39, 0.29) is 6.61 Å². The van der Waals surface area contributed by atoms with Gasteiger partial charge in [0.05, 0.1) is 19.2 Å². The summed E-state index contributed by atoms with van der Waals surface area (Å²) in [6.45, 7) is 0.105. The van der Waals surface area contributed by atoms with Crippen LogP contribution in [-0.2, 0) is 12.8 Å². The Balaban J connectivity index is 2.03. The van der Waals surface area contributed by atoms with Crippen LogP contribution in [0.25, 0.3) is 0 Å². The van der Waals surface area contributed by atoms with Crippen LogP contribution >= 0.6 is 11.3 Å². The van der Waals surface area contributed by atoms with E-state index < -0.39 is 0 Å². The van der Waals surface area contributed by atoms with E-state index in [4.69, 9.17) is 9.52 Å². The molecule has 0 spiro atoms. The quantitative estimate of drug-likeness (QED) is 0.836. The van der Waals surface area contributed by atoms with Crippen molar-refractivity contribution < 1.29 is 9.52 Å². The van der Waals surface area contributed by atoms with E-state index in [9.17, 15) is 0 Å². The first-order valence-corrected chi connectivity index (χ1v) is 5.33. The van der Waals surface area contributed by atoms with Crippen molar-refractivity contribution in [2.75, 3.05) is 6.61 Å². The Hall–Kier alpha value is -1.13. The van der Waals surface area contributed by atoms with Crippen molar-refractivity contribution in [3.63, 3.8) is 0 Å². The zero-order chi connectivity index (χ0) is 9.80. The molecule has 3 nitrogen and oxygen atoms in total. The van der Waals surface area contributed by atoms with Gasteiger partial charge in [0.25, 0.3) is 0 Å². The van der Waals surface area contributed by atoms with Crippen molar-refractivity contribution in [1.82, 2.24) is 4.98 Å². The Morgan fingerprint density at radius 1 is 1.50 bits per heavy atom. The molecular formula is C10H11NO2S. The van der Waals surface area contributed by atoms with Gasteiger partial charge in [-0.15, -0.1) is 11.3 Å². The van der Waals surface area contributed by atoms with Crippen molar-refractivity contribution >= 4 is 11.3 Å². The Labute approximate surface area is 86.0 Å². The SMILES string of the molecule is OCCc1cnc(Cc2cccs2)o1. The number of rotatable bonds is 4. The molecule has 0 saturated carbocycles. The van der Waals surface area contributed by atoms with Gasteiger partial charge in [-0.05, 0) is 11.4 Å². The van der Waals surface area contributed by atoms with Crippen LogP contribution in [-0.4, -0.2) is 16.7 Å². The lowest BCUT2D eigenvalue weighted by Gasteiger charge is -1.91. The maximum absolute atomic E-state index is 8.70. The Morgan fingerprint density at radius 3 is 3.14 bits per heavy atom. The minimum atomic E-state index is 0.105. The lowest BCUT2D eigenvalue weighted by Crippen LogP contribution is -1.86. The van der Waals surface area contributed by atoms with E-state index in [1.807, 2.05) is 11.4 Å². The third-order valence-corrected chi connectivity index (χ3v) is 2.74. The van der Waals surface area contributed by atoms with E-state index in [0.717, 1.165) is 18.1 Å². The van der Waals surface area contributed by atoms with Crippen LogP contribution < -0.4 is 0 Å². The summed E-state index contributed by atoms with van der Waals surface area (Å²) in [6.07, 6.45) is 2.96. The van der Waals surface area contributed by atoms with Crippen LogP contribution in [0.2, 0.25) is 0 Å². The molecule has 0 aliphatic rings. The molecular weight excluding hydrogens is 198 g/mol. The number of aromatic nitrogens is 1. The highest BCUT2D eigenvalue weighted by atomic mass is 32.1. The number of oxazole rings is 1. The summed E-state index contributed by atoms with van der Waals surface area (Å²) in [7, 11) is 0. The monoisotopic (exact) mass is 209 g/mol. The molecule has 2 aromatic rings. The molecule has 74 valence electrons. The standard InChI is InChI=1S/C10H11NO2S/c12-4-3-8-7-11-10(13-8)6-9-2-1-5-14-9/h1-2,5,7,12H,3-4,6H2. The van der Waals surface area contributed by atoms with Gasteiger partial charge in [0.15, 0.2) is 5.89 Å². The van der Waals surface area contributed by atoms with E-state index in [1.165, 1.54) is 4.88 Å². The normalized spacial score (nSPS) is 10.6. The predicted molar refractivity (Wildman–Crippen MR) is 54.4 cm³/mol. The fourth-order valence-corrected chi connectivity index (χ4v) is 1.91. The molecule has 0 radical (unpaired) electrons. The minimum absolute atomic E-state index is 0.105. The average molecular weight is 209 g/mol. The second kappa shape index (κ2) is 4.39. The second-order valence-electron chi connectivity index (χ2n) is 2.95. The zero-order valence-electron chi connectivity index (χ0n) is 7.64. The summed E-state index contributed by atoms with van der Waals surface area (Å²) >= 11 is 1.69. The summed E-state index contributed by atoms with van der Waals surface area (Å²) in [6, 6.07) is 4.07. The molecule has 0 fully saturated rings. The molecule has 0 aromatic carbocycles. The topological polar surface area (TPSA) is 46.3 Å². The first-order valence-electron chi connectivity index (χ1n) is 4.45. The maximum atomic E-state index is 8.70. The molecule has 0 aliphatic carbocycles. The number of hydrogen-bond acceptors (Lipinski definition) is 4. The molecule has 0 unspecified atom stereocenters. The fraction of sp³-hybridized carbons (Fsp3) is 0.300. The first-order chi connectivity index (χ1) is 6.88. The van der Waals surface area contributed by atoms with Gasteiger partial charge in [-0.1, -0.05) is 6.07 Å². The molecule has 0 saturated heterocycles. The Kier molecular flexibility index (Phi) is 2.96. The predicted octanol–water partition coefficient (Wildman–Crippen LogP) is 1.86. The summed E-state index contributed by atoms with van der Waals surface area (Å²) in [5.74, 6) is 1.47. The summed E-state index contributed by atoms with van der Waals surface area (Å²) in [5, 5.41) is 10.7. The molecule has 2 aromatic heterocycles. The van der Waals surface area contributed by atoms with Gasteiger partial charge in [0.1, 0.15) is 5.76 Å². The Morgan fingerprint density at radius 2 is 2.43 bits per heavy atom. The van der Waals surface area contributed by atoms with Crippen LogP contribution in [0.1, 0.15) is 16.5 Å². The van der Waals surface area contributed by atoms with Gasteiger partial charge in [-0.3, -0.25) is 0 Å². The van der Waals surface area contributed by atoms with Crippen molar-refractivity contribution in [2.45, 2.75) is 12.8 Å². The molecule has 1 N–H and O–H groups in total. The summed E-state index contributed by atoms with van der Waals surface area (Å²) in [5.41, 5.74) is 0. The van der Waals surface area contributed by atoms with E-state index in [2.05, 4.69) is 11.1 Å². The highest BCUT2D eigenvalue weighted by Gasteiger charge is 2.04. The van der Waals surface area contributed by atoms with E-state index >= 15 is 0 Å². The first kappa shape index (κ1) is 9.43. The fourth-order valence-electron chi connectivity index (χ4n) is 1.22. The number of aliphatic hydroxyl groups is 1. The average Bonchev–Trinajstić information content (AvgIpc) is 2.79. The minimum Gasteiger partial charge on any atom is -0.445 e. The van der Waals surface area contributed by atoms with Crippen LogP contribution in [0.15, 0.2) is 28.1 Å². The highest BCUT2D eigenvalue weighted by molar-refractivity contribution is 7.09. The van der Waals surface area contributed by atoms with E-state index in [1.54, 1.807) is 17.5 Å². The Bertz CT molecular complexity index is 380. The zero-order valence-corrected chi connectivity index (χ0v) is 8.46. The third kappa shape index (κ3) is 2.21. The molecule has 4 heteroatoms. The van der Waals surface area contributed by atoms with Gasteiger partial charge in [0.2, 0.25) is 0 Å². The van der Waals surface area contributed by atoms with Gasteiger partial charge < -0.3 is 9.52 Å². The highest BCUT2D eigenvalue weighted by Crippen LogP contribution is 2.14. The van der Waals surface area contributed by atoms with Gasteiger partial charge >= 0.3 is 0 Å². The lowest BCUT2D eigenvalue weighted by molar-refractivity contribution is 0.286. The molecule has 0 aliphatic heterocycles. The molecule has 0 amide bonds. The smallest absolute Gasteiger partial charge is 0.199 e. The lowest BCUT2D eigenvalue weighted by atomic mass is 10.3. The molecule has 0 bridgehead atoms. The van der Waals surface area contributed by atoms with Crippen LogP contribution in [0.4, 0.5) is 0 Å². The largest absolute Gasteiger partial charge is 0.445 e. The van der Waals surface area contributed by atoms with Gasteiger partial charge in [-0.2, -0.15) is 0 Å². The molecule has 2 rings (SSSR count). The number of hydrogen-bond donors (Lipinski definition) is 1. The van der Waals surface area contributed by atoms with Crippen molar-refractivity contribution in [3.05, 3.63) is 40.2 Å². The number of aliphatic hydroxyl groups excluding tert-OH is 1. The maximum Gasteiger partial charge on any atom is 0.199 e. The van der Waals surface area contributed by atoms with Gasteiger partial charge in [-0.25, -0.2) is 4.98 Å². The van der Waals surface area contributed by atoms with Crippen molar-refractivity contribution in [3.8, 4) is 0 Å². The summed E-state index contributed by atoms with van der Waals surface area (Å²) < 4.78 is 5.43.